The number of rotatable bonds is 2. The molecule has 0 spiro atoms. The summed E-state index contributed by atoms with van der Waals surface area (Å²) >= 11 is 6.82. The minimum absolute atomic E-state index is 0.0130. The molecule has 0 aliphatic carbocycles. The van der Waals surface area contributed by atoms with Gasteiger partial charge in [0.05, 0.1) is 9.13 Å². The number of nitrogens with zero attached hydrogens (tertiary/aromatic N) is 1. The Hall–Kier alpha value is -0.500. The van der Waals surface area contributed by atoms with Crippen LogP contribution in [0.25, 0.3) is 0 Å². The van der Waals surface area contributed by atoms with Crippen LogP contribution in [-0.4, -0.2) is 10.2 Å². The van der Waals surface area contributed by atoms with E-state index in [1.54, 1.807) is 22.6 Å². The van der Waals surface area contributed by atoms with E-state index >= 15 is 0 Å². The lowest BCUT2D eigenvalue weighted by atomic mass is 10.1. The fraction of sp³-hybridized carbons (Fsp3) is 0.143. The van der Waals surface area contributed by atoms with Gasteiger partial charge in [-0.1, -0.05) is 0 Å². The Morgan fingerprint density at radius 1 is 1.64 bits per heavy atom. The number of hydrogen-bond donors (Lipinski definition) is 1. The van der Waals surface area contributed by atoms with Gasteiger partial charge in [-0.3, -0.25) is 4.79 Å². The van der Waals surface area contributed by atoms with E-state index in [1.165, 1.54) is 0 Å². The predicted octanol–water partition coefficient (Wildman–Crippen LogP) is 2.58. The number of nitrogens with two attached hydrogens (primary N) is 1. The van der Waals surface area contributed by atoms with Gasteiger partial charge < -0.3 is 5.73 Å². The Morgan fingerprint density at radius 2 is 2.21 bits per heavy atom. The summed E-state index contributed by atoms with van der Waals surface area (Å²) in [7, 11) is 0. The standard InChI is InChI=1S/C7H4ClF2IN2O/c8-5(14)3-2(6(9)10)1-13-7(12)4(3)11/h1,6H,(H2,12,13). The molecule has 0 radical (unpaired) electrons. The molecule has 0 saturated heterocycles. The highest BCUT2D eigenvalue weighted by molar-refractivity contribution is 14.1. The number of aromatic nitrogens is 1. The van der Waals surface area contributed by atoms with Gasteiger partial charge in [-0.05, 0) is 34.2 Å². The topological polar surface area (TPSA) is 56.0 Å². The average molecular weight is 332 g/mol. The van der Waals surface area contributed by atoms with E-state index in [0.717, 1.165) is 6.20 Å². The molecule has 76 valence electrons. The SMILES string of the molecule is Nc1ncc(C(F)F)c(C(=O)Cl)c1I. The molecule has 1 aromatic heterocycles. The van der Waals surface area contributed by atoms with E-state index in [0.29, 0.717) is 0 Å². The van der Waals surface area contributed by atoms with Crippen molar-refractivity contribution in [2.75, 3.05) is 5.73 Å². The molecule has 1 rings (SSSR count). The van der Waals surface area contributed by atoms with E-state index in [-0.39, 0.29) is 15.0 Å². The van der Waals surface area contributed by atoms with E-state index < -0.39 is 17.2 Å². The molecule has 2 N–H and O–H groups in total. The van der Waals surface area contributed by atoms with Gasteiger partial charge in [-0.2, -0.15) is 0 Å². The smallest absolute Gasteiger partial charge is 0.266 e. The van der Waals surface area contributed by atoms with E-state index in [4.69, 9.17) is 17.3 Å². The van der Waals surface area contributed by atoms with Crippen molar-refractivity contribution < 1.29 is 13.6 Å². The second-order valence-electron chi connectivity index (χ2n) is 2.36. The first-order valence-electron chi connectivity index (χ1n) is 3.37. The molecule has 14 heavy (non-hydrogen) atoms. The van der Waals surface area contributed by atoms with Crippen LogP contribution in [0, 0.1) is 3.57 Å². The molecular weight excluding hydrogens is 328 g/mol. The van der Waals surface area contributed by atoms with Crippen molar-refractivity contribution in [2.45, 2.75) is 6.43 Å². The number of halogens is 4. The second-order valence-corrected chi connectivity index (χ2v) is 3.78. The summed E-state index contributed by atoms with van der Waals surface area (Å²) in [5.74, 6) is 0.0130. The highest BCUT2D eigenvalue weighted by Gasteiger charge is 2.22. The van der Waals surface area contributed by atoms with Crippen LogP contribution < -0.4 is 5.73 Å². The monoisotopic (exact) mass is 332 g/mol. The minimum Gasteiger partial charge on any atom is -0.383 e. The van der Waals surface area contributed by atoms with Crippen molar-refractivity contribution in [1.29, 1.82) is 0 Å². The van der Waals surface area contributed by atoms with Crippen molar-refractivity contribution in [2.24, 2.45) is 0 Å². The van der Waals surface area contributed by atoms with Crippen LogP contribution in [0.3, 0.4) is 0 Å². The molecule has 1 heterocycles. The molecule has 0 amide bonds. The third-order valence-electron chi connectivity index (χ3n) is 1.51. The van der Waals surface area contributed by atoms with Crippen molar-refractivity contribution in [1.82, 2.24) is 4.98 Å². The van der Waals surface area contributed by atoms with Gasteiger partial charge in [0.1, 0.15) is 5.82 Å². The normalized spacial score (nSPS) is 10.6. The Labute approximate surface area is 96.8 Å². The molecule has 3 nitrogen and oxygen atoms in total. The van der Waals surface area contributed by atoms with Gasteiger partial charge in [0.15, 0.2) is 0 Å². The molecule has 0 aliphatic rings. The van der Waals surface area contributed by atoms with Gasteiger partial charge in [0.25, 0.3) is 11.7 Å². The summed E-state index contributed by atoms with van der Waals surface area (Å²) in [5.41, 5.74) is 4.59. The molecule has 1 aromatic rings. The van der Waals surface area contributed by atoms with Crippen molar-refractivity contribution in [3.63, 3.8) is 0 Å². The Morgan fingerprint density at radius 3 is 2.64 bits per heavy atom. The predicted molar refractivity (Wildman–Crippen MR) is 56.5 cm³/mol. The highest BCUT2D eigenvalue weighted by Crippen LogP contribution is 2.29. The number of carbonyl (C=O) groups is 1. The molecule has 0 atom stereocenters. The quantitative estimate of drug-likeness (QED) is 0.669. The third-order valence-corrected chi connectivity index (χ3v) is 2.79. The van der Waals surface area contributed by atoms with Gasteiger partial charge in [-0.25, -0.2) is 13.8 Å². The summed E-state index contributed by atoms with van der Waals surface area (Å²) < 4.78 is 25.0. The van der Waals surface area contributed by atoms with Crippen LogP contribution in [0.2, 0.25) is 0 Å². The number of nitrogen functional groups attached to an aromatic ring is 1. The zero-order valence-electron chi connectivity index (χ0n) is 6.60. The van der Waals surface area contributed by atoms with Crippen LogP contribution >= 0.6 is 34.2 Å². The second kappa shape index (κ2) is 4.35. The molecule has 0 fully saturated rings. The lowest BCUT2D eigenvalue weighted by Gasteiger charge is -2.07. The number of alkyl halides is 2. The maximum atomic E-state index is 12.4. The van der Waals surface area contributed by atoms with Crippen LogP contribution in [0.1, 0.15) is 22.3 Å². The number of carbonyl (C=O) groups excluding carboxylic acids is 1. The van der Waals surface area contributed by atoms with Crippen molar-refractivity contribution in [3.8, 4) is 0 Å². The van der Waals surface area contributed by atoms with Gasteiger partial charge in [0, 0.05) is 11.8 Å². The molecule has 0 saturated carbocycles. The van der Waals surface area contributed by atoms with Gasteiger partial charge in [-0.15, -0.1) is 0 Å². The third kappa shape index (κ3) is 2.11. The molecule has 0 aliphatic heterocycles. The molecule has 0 bridgehead atoms. The molecule has 0 unspecified atom stereocenters. The molecule has 7 heteroatoms. The van der Waals surface area contributed by atoms with Crippen LogP contribution in [0.4, 0.5) is 14.6 Å². The minimum atomic E-state index is -2.80. The molecular formula is C7H4ClF2IN2O. The Kier molecular flexibility index (Phi) is 3.59. The zero-order chi connectivity index (χ0) is 10.9. The molecule has 0 aromatic carbocycles. The lowest BCUT2D eigenvalue weighted by Crippen LogP contribution is -2.06. The maximum absolute atomic E-state index is 12.4. The summed E-state index contributed by atoms with van der Waals surface area (Å²) in [6, 6.07) is 0. The number of pyridine rings is 1. The average Bonchev–Trinajstić information content (AvgIpc) is 2.08. The van der Waals surface area contributed by atoms with Crippen molar-refractivity contribution >= 4 is 45.3 Å². The largest absolute Gasteiger partial charge is 0.383 e. The van der Waals surface area contributed by atoms with Crippen molar-refractivity contribution in [3.05, 3.63) is 20.9 Å². The fourth-order valence-corrected chi connectivity index (χ4v) is 1.94. The van der Waals surface area contributed by atoms with E-state index in [1.807, 2.05) is 0 Å². The number of anilines is 1. The number of hydrogen-bond acceptors (Lipinski definition) is 3. The van der Waals surface area contributed by atoms with E-state index in [2.05, 4.69) is 4.98 Å². The van der Waals surface area contributed by atoms with Gasteiger partial charge >= 0.3 is 0 Å². The Balaban J connectivity index is 3.45. The first-order chi connectivity index (χ1) is 6.45. The van der Waals surface area contributed by atoms with E-state index in [9.17, 15) is 13.6 Å². The highest BCUT2D eigenvalue weighted by atomic mass is 127. The van der Waals surface area contributed by atoms with Crippen LogP contribution in [0.5, 0.6) is 0 Å². The zero-order valence-corrected chi connectivity index (χ0v) is 9.51. The summed E-state index contributed by atoms with van der Waals surface area (Å²) in [5, 5.41) is -0.959. The van der Waals surface area contributed by atoms with Crippen LogP contribution in [-0.2, 0) is 0 Å². The lowest BCUT2D eigenvalue weighted by molar-refractivity contribution is 0.106. The summed E-state index contributed by atoms with van der Waals surface area (Å²) in [6.07, 6.45) is -1.94. The van der Waals surface area contributed by atoms with Crippen LogP contribution in [0.15, 0.2) is 6.20 Å². The summed E-state index contributed by atoms with van der Waals surface area (Å²) in [6.45, 7) is 0. The van der Waals surface area contributed by atoms with Gasteiger partial charge in [0.2, 0.25) is 0 Å². The first kappa shape index (κ1) is 11.6. The summed E-state index contributed by atoms with van der Waals surface area (Å²) in [4.78, 5) is 14.4. The first-order valence-corrected chi connectivity index (χ1v) is 4.82. The maximum Gasteiger partial charge on any atom is 0.266 e. The fourth-order valence-electron chi connectivity index (χ4n) is 0.880. The Bertz CT molecular complexity index is 386.